The SMILES string of the molecule is CNc1ccc2c(c1)CN(C(=O)O)C2. The third-order valence-corrected chi connectivity index (χ3v) is 2.49. The third-order valence-electron chi connectivity index (χ3n) is 2.49. The molecule has 1 aromatic carbocycles. The normalized spacial score (nSPS) is 13.9. The van der Waals surface area contributed by atoms with E-state index in [1.165, 1.54) is 4.90 Å². The summed E-state index contributed by atoms with van der Waals surface area (Å²) in [5.41, 5.74) is 3.22. The van der Waals surface area contributed by atoms with Crippen molar-refractivity contribution in [2.24, 2.45) is 0 Å². The van der Waals surface area contributed by atoms with E-state index in [0.717, 1.165) is 16.8 Å². The van der Waals surface area contributed by atoms with Crippen molar-refractivity contribution in [3.05, 3.63) is 29.3 Å². The van der Waals surface area contributed by atoms with Gasteiger partial charge < -0.3 is 10.4 Å². The quantitative estimate of drug-likeness (QED) is 0.712. The van der Waals surface area contributed by atoms with Gasteiger partial charge in [-0.15, -0.1) is 0 Å². The summed E-state index contributed by atoms with van der Waals surface area (Å²) in [6.45, 7) is 1.01. The molecule has 0 spiro atoms. The zero-order valence-corrected chi connectivity index (χ0v) is 7.95. The number of fused-ring (bicyclic) bond motifs is 1. The summed E-state index contributed by atoms with van der Waals surface area (Å²) in [6, 6.07) is 5.94. The molecule has 4 heteroatoms. The molecule has 0 fully saturated rings. The molecule has 0 atom stereocenters. The molecule has 1 amide bonds. The van der Waals surface area contributed by atoms with Crippen LogP contribution in [0.2, 0.25) is 0 Å². The van der Waals surface area contributed by atoms with Crippen LogP contribution in [0, 0.1) is 0 Å². The summed E-state index contributed by atoms with van der Waals surface area (Å²) in [6.07, 6.45) is -0.854. The molecule has 1 aromatic rings. The van der Waals surface area contributed by atoms with Gasteiger partial charge in [0.25, 0.3) is 0 Å². The largest absolute Gasteiger partial charge is 0.465 e. The molecule has 0 bridgehead atoms. The number of hydrogen-bond acceptors (Lipinski definition) is 2. The van der Waals surface area contributed by atoms with Crippen molar-refractivity contribution < 1.29 is 9.90 Å². The van der Waals surface area contributed by atoms with Crippen LogP contribution in [-0.4, -0.2) is 23.1 Å². The van der Waals surface area contributed by atoms with E-state index >= 15 is 0 Å². The average molecular weight is 192 g/mol. The molecule has 0 aromatic heterocycles. The van der Waals surface area contributed by atoms with E-state index < -0.39 is 6.09 Å². The van der Waals surface area contributed by atoms with Crippen LogP contribution in [0.15, 0.2) is 18.2 Å². The smallest absolute Gasteiger partial charge is 0.407 e. The monoisotopic (exact) mass is 192 g/mol. The maximum atomic E-state index is 10.7. The number of hydrogen-bond donors (Lipinski definition) is 2. The van der Waals surface area contributed by atoms with Crippen molar-refractivity contribution in [3.8, 4) is 0 Å². The Labute approximate surface area is 82.2 Å². The van der Waals surface area contributed by atoms with Gasteiger partial charge in [-0.3, -0.25) is 4.90 Å². The second kappa shape index (κ2) is 3.21. The van der Waals surface area contributed by atoms with Crippen LogP contribution in [-0.2, 0) is 13.1 Å². The highest BCUT2D eigenvalue weighted by molar-refractivity contribution is 5.67. The zero-order valence-electron chi connectivity index (χ0n) is 7.95. The van der Waals surface area contributed by atoms with Crippen molar-refractivity contribution >= 4 is 11.8 Å². The van der Waals surface area contributed by atoms with E-state index in [4.69, 9.17) is 5.11 Å². The minimum Gasteiger partial charge on any atom is -0.465 e. The van der Waals surface area contributed by atoms with Gasteiger partial charge in [0.15, 0.2) is 0 Å². The molecule has 0 unspecified atom stereocenters. The first kappa shape index (κ1) is 8.87. The summed E-state index contributed by atoms with van der Waals surface area (Å²) in [7, 11) is 1.85. The van der Waals surface area contributed by atoms with Crippen molar-refractivity contribution in [2.75, 3.05) is 12.4 Å². The van der Waals surface area contributed by atoms with Gasteiger partial charge >= 0.3 is 6.09 Å². The van der Waals surface area contributed by atoms with Crippen LogP contribution in [0.4, 0.5) is 10.5 Å². The Kier molecular flexibility index (Phi) is 2.04. The second-order valence-electron chi connectivity index (χ2n) is 3.37. The third kappa shape index (κ3) is 1.39. The number of rotatable bonds is 1. The van der Waals surface area contributed by atoms with E-state index in [2.05, 4.69) is 5.32 Å². The number of carboxylic acid groups (broad SMARTS) is 1. The molecular weight excluding hydrogens is 180 g/mol. The number of anilines is 1. The van der Waals surface area contributed by atoms with E-state index in [1.54, 1.807) is 0 Å². The first-order valence-electron chi connectivity index (χ1n) is 4.48. The standard InChI is InChI=1S/C10H12N2O2/c1-11-9-3-2-7-5-12(10(13)14)6-8(7)4-9/h2-4,11H,5-6H2,1H3,(H,13,14). The Morgan fingerprint density at radius 3 is 2.79 bits per heavy atom. The van der Waals surface area contributed by atoms with Gasteiger partial charge in [-0.25, -0.2) is 4.79 Å². The molecule has 0 saturated heterocycles. The summed E-state index contributed by atoms with van der Waals surface area (Å²) < 4.78 is 0. The molecule has 2 rings (SSSR count). The highest BCUT2D eigenvalue weighted by Crippen LogP contribution is 2.25. The molecule has 2 N–H and O–H groups in total. The van der Waals surface area contributed by atoms with Crippen molar-refractivity contribution in [3.63, 3.8) is 0 Å². The maximum Gasteiger partial charge on any atom is 0.407 e. The lowest BCUT2D eigenvalue weighted by molar-refractivity contribution is 0.145. The minimum absolute atomic E-state index is 0.500. The maximum absolute atomic E-state index is 10.7. The van der Waals surface area contributed by atoms with Gasteiger partial charge in [0.05, 0.1) is 0 Å². The number of amides is 1. The molecule has 0 radical (unpaired) electrons. The number of benzene rings is 1. The lowest BCUT2D eigenvalue weighted by Crippen LogP contribution is -2.22. The van der Waals surface area contributed by atoms with Crippen LogP contribution in [0.25, 0.3) is 0 Å². The topological polar surface area (TPSA) is 52.6 Å². The van der Waals surface area contributed by atoms with Crippen molar-refractivity contribution in [2.45, 2.75) is 13.1 Å². The second-order valence-corrected chi connectivity index (χ2v) is 3.37. The molecule has 1 aliphatic rings. The summed E-state index contributed by atoms with van der Waals surface area (Å²) in [5, 5.41) is 11.9. The molecule has 0 saturated carbocycles. The number of nitrogens with zero attached hydrogens (tertiary/aromatic N) is 1. The van der Waals surface area contributed by atoms with Gasteiger partial charge in [0.1, 0.15) is 0 Å². The fourth-order valence-corrected chi connectivity index (χ4v) is 1.69. The molecule has 74 valence electrons. The summed E-state index contributed by atoms with van der Waals surface area (Å²) in [4.78, 5) is 12.1. The Morgan fingerprint density at radius 1 is 1.43 bits per heavy atom. The first-order chi connectivity index (χ1) is 6.70. The van der Waals surface area contributed by atoms with Crippen molar-refractivity contribution in [1.82, 2.24) is 4.90 Å². The van der Waals surface area contributed by atoms with Gasteiger partial charge in [-0.05, 0) is 23.3 Å². The van der Waals surface area contributed by atoms with E-state index in [9.17, 15) is 4.79 Å². The highest BCUT2D eigenvalue weighted by atomic mass is 16.4. The van der Waals surface area contributed by atoms with Gasteiger partial charge in [-0.2, -0.15) is 0 Å². The fraction of sp³-hybridized carbons (Fsp3) is 0.300. The number of nitrogens with one attached hydrogen (secondary N) is 1. The minimum atomic E-state index is -0.854. The molecule has 1 heterocycles. The van der Waals surface area contributed by atoms with Crippen LogP contribution >= 0.6 is 0 Å². The zero-order chi connectivity index (χ0) is 10.1. The lowest BCUT2D eigenvalue weighted by Gasteiger charge is -2.08. The molecule has 0 aliphatic carbocycles. The lowest BCUT2D eigenvalue weighted by atomic mass is 10.1. The Bertz CT molecular complexity index is 376. The summed E-state index contributed by atoms with van der Waals surface area (Å²) in [5.74, 6) is 0. The highest BCUT2D eigenvalue weighted by Gasteiger charge is 2.22. The van der Waals surface area contributed by atoms with Gasteiger partial charge in [0.2, 0.25) is 0 Å². The first-order valence-corrected chi connectivity index (χ1v) is 4.48. The van der Waals surface area contributed by atoms with Crippen LogP contribution in [0.1, 0.15) is 11.1 Å². The predicted molar refractivity (Wildman–Crippen MR) is 53.3 cm³/mol. The fourth-order valence-electron chi connectivity index (χ4n) is 1.69. The Morgan fingerprint density at radius 2 is 2.14 bits per heavy atom. The van der Waals surface area contributed by atoms with Gasteiger partial charge in [0, 0.05) is 25.8 Å². The van der Waals surface area contributed by atoms with Crippen LogP contribution < -0.4 is 5.32 Å². The Hall–Kier alpha value is -1.71. The molecule has 4 nitrogen and oxygen atoms in total. The number of carbonyl (C=O) groups is 1. The molecule has 14 heavy (non-hydrogen) atoms. The molecular formula is C10H12N2O2. The van der Waals surface area contributed by atoms with Crippen molar-refractivity contribution in [1.29, 1.82) is 0 Å². The van der Waals surface area contributed by atoms with E-state index in [1.807, 2.05) is 25.2 Å². The molecule has 1 aliphatic heterocycles. The average Bonchev–Trinajstić information content (AvgIpc) is 2.59. The predicted octanol–water partition coefficient (Wildman–Crippen LogP) is 1.72. The summed E-state index contributed by atoms with van der Waals surface area (Å²) >= 11 is 0. The van der Waals surface area contributed by atoms with Crippen LogP contribution in [0.5, 0.6) is 0 Å². The van der Waals surface area contributed by atoms with Gasteiger partial charge in [-0.1, -0.05) is 6.07 Å². The van der Waals surface area contributed by atoms with E-state index in [-0.39, 0.29) is 0 Å². The Balaban J connectivity index is 2.27. The van der Waals surface area contributed by atoms with E-state index in [0.29, 0.717) is 13.1 Å². The van der Waals surface area contributed by atoms with Crippen LogP contribution in [0.3, 0.4) is 0 Å².